The molecule has 0 aromatic carbocycles. The van der Waals surface area contributed by atoms with Crippen LogP contribution in [0.15, 0.2) is 6.20 Å². The molecule has 0 radical (unpaired) electrons. The quantitative estimate of drug-likeness (QED) is 0.663. The number of aryl methyl sites for hydroxylation is 1. The first-order valence-electron chi connectivity index (χ1n) is 7.30. The maximum Gasteiger partial charge on any atom is 0.222 e. The Morgan fingerprint density at radius 3 is 2.77 bits per heavy atom. The second-order valence-electron chi connectivity index (χ2n) is 5.08. The summed E-state index contributed by atoms with van der Waals surface area (Å²) in [7, 11) is 1.85. The summed E-state index contributed by atoms with van der Waals surface area (Å²) in [6, 6.07) is 0. The lowest BCUT2D eigenvalue weighted by Gasteiger charge is -2.11. The van der Waals surface area contributed by atoms with Gasteiger partial charge in [0, 0.05) is 13.6 Å². The van der Waals surface area contributed by atoms with Crippen molar-refractivity contribution < 1.29 is 4.74 Å². The van der Waals surface area contributed by atoms with Gasteiger partial charge in [0.1, 0.15) is 12.3 Å². The van der Waals surface area contributed by atoms with Crippen LogP contribution in [0, 0.1) is 6.92 Å². The van der Waals surface area contributed by atoms with Crippen LogP contribution in [0.5, 0.6) is 5.75 Å². The minimum absolute atomic E-state index is 0.208. The molecule has 2 rings (SSSR count). The molecular formula is C14H23N7O. The van der Waals surface area contributed by atoms with E-state index in [4.69, 9.17) is 16.2 Å². The van der Waals surface area contributed by atoms with Crippen molar-refractivity contribution in [3.05, 3.63) is 17.6 Å². The summed E-state index contributed by atoms with van der Waals surface area (Å²) in [5, 5.41) is 7.54. The Morgan fingerprint density at radius 2 is 2.14 bits per heavy atom. The van der Waals surface area contributed by atoms with Crippen molar-refractivity contribution in [3.63, 3.8) is 0 Å². The van der Waals surface area contributed by atoms with Gasteiger partial charge in [0.2, 0.25) is 5.95 Å². The Kier molecular flexibility index (Phi) is 5.03. The fraction of sp³-hybridized carbons (Fsp3) is 0.500. The monoisotopic (exact) mass is 305 g/mol. The van der Waals surface area contributed by atoms with Gasteiger partial charge in [-0.1, -0.05) is 13.3 Å². The smallest absolute Gasteiger partial charge is 0.222 e. The Labute approximate surface area is 129 Å². The maximum atomic E-state index is 6.00. The summed E-state index contributed by atoms with van der Waals surface area (Å²) in [6.45, 7) is 5.09. The molecule has 2 heterocycles. The van der Waals surface area contributed by atoms with Crippen molar-refractivity contribution >= 4 is 17.5 Å². The number of unbranched alkanes of at least 4 members (excludes halogenated alkanes) is 1. The van der Waals surface area contributed by atoms with Gasteiger partial charge in [-0.25, -0.2) is 4.98 Å². The molecule has 8 nitrogen and oxygen atoms in total. The normalized spacial score (nSPS) is 10.7. The molecule has 2 aromatic rings. The predicted octanol–water partition coefficient (Wildman–Crippen LogP) is 1.47. The van der Waals surface area contributed by atoms with E-state index in [-0.39, 0.29) is 12.6 Å². The number of nitrogens with two attached hydrogens (primary N) is 2. The minimum atomic E-state index is 0.208. The summed E-state index contributed by atoms with van der Waals surface area (Å²) in [6.07, 6.45) is 3.69. The van der Waals surface area contributed by atoms with E-state index in [2.05, 4.69) is 27.3 Å². The second kappa shape index (κ2) is 6.97. The fourth-order valence-electron chi connectivity index (χ4n) is 1.95. The predicted molar refractivity (Wildman–Crippen MR) is 86.5 cm³/mol. The number of hydrogen-bond donors (Lipinski definition) is 3. The third-order valence-electron chi connectivity index (χ3n) is 3.42. The molecule has 0 amide bonds. The van der Waals surface area contributed by atoms with Crippen molar-refractivity contribution in [3.8, 4) is 5.75 Å². The van der Waals surface area contributed by atoms with E-state index in [0.29, 0.717) is 22.9 Å². The van der Waals surface area contributed by atoms with Gasteiger partial charge in [0.05, 0.1) is 17.6 Å². The molecular weight excluding hydrogens is 282 g/mol. The van der Waals surface area contributed by atoms with E-state index < -0.39 is 0 Å². The van der Waals surface area contributed by atoms with Gasteiger partial charge >= 0.3 is 0 Å². The Hall–Kier alpha value is -2.51. The standard InChI is InChI=1S/C14H23N7O/c1-4-5-6-17-13-11(7-18-14(16)19-13)22-8-10-12(15)9(2)21(3)20-10/h7H,4-6,8,15H2,1-3H3,(H3,16,17,18,19). The van der Waals surface area contributed by atoms with Gasteiger partial charge in [0.15, 0.2) is 11.6 Å². The van der Waals surface area contributed by atoms with Crippen LogP contribution in [-0.2, 0) is 13.7 Å². The SMILES string of the molecule is CCCCNc1nc(N)ncc1OCc1nn(C)c(C)c1N. The maximum absolute atomic E-state index is 6.00. The molecule has 22 heavy (non-hydrogen) atoms. The summed E-state index contributed by atoms with van der Waals surface area (Å²) in [5.74, 6) is 1.33. The lowest BCUT2D eigenvalue weighted by molar-refractivity contribution is 0.300. The Morgan fingerprint density at radius 1 is 1.36 bits per heavy atom. The van der Waals surface area contributed by atoms with Gasteiger partial charge in [-0.2, -0.15) is 10.1 Å². The highest BCUT2D eigenvalue weighted by Gasteiger charge is 2.12. The lowest BCUT2D eigenvalue weighted by Crippen LogP contribution is -2.09. The molecule has 0 atom stereocenters. The van der Waals surface area contributed by atoms with Crippen molar-refractivity contribution in [2.24, 2.45) is 7.05 Å². The molecule has 0 aliphatic rings. The van der Waals surface area contributed by atoms with Gasteiger partial charge < -0.3 is 21.5 Å². The molecule has 0 unspecified atom stereocenters. The fourth-order valence-corrected chi connectivity index (χ4v) is 1.95. The number of nitrogens with one attached hydrogen (secondary N) is 1. The molecule has 2 aromatic heterocycles. The molecule has 0 aliphatic heterocycles. The van der Waals surface area contributed by atoms with E-state index >= 15 is 0 Å². The number of rotatable bonds is 7. The summed E-state index contributed by atoms with van der Waals surface area (Å²) in [5.41, 5.74) is 13.9. The van der Waals surface area contributed by atoms with Crippen molar-refractivity contribution in [2.45, 2.75) is 33.3 Å². The van der Waals surface area contributed by atoms with Gasteiger partial charge in [-0.05, 0) is 13.3 Å². The molecule has 0 saturated heterocycles. The average Bonchev–Trinajstić information content (AvgIpc) is 2.74. The highest BCUT2D eigenvalue weighted by molar-refractivity contribution is 5.52. The summed E-state index contributed by atoms with van der Waals surface area (Å²) < 4.78 is 7.49. The Bertz CT molecular complexity index is 638. The van der Waals surface area contributed by atoms with Crippen molar-refractivity contribution in [1.29, 1.82) is 0 Å². The van der Waals surface area contributed by atoms with Crippen LogP contribution < -0.4 is 21.5 Å². The minimum Gasteiger partial charge on any atom is -0.482 e. The van der Waals surface area contributed by atoms with Crippen LogP contribution >= 0.6 is 0 Å². The molecule has 0 fully saturated rings. The van der Waals surface area contributed by atoms with Crippen LogP contribution in [0.2, 0.25) is 0 Å². The number of aromatic nitrogens is 4. The van der Waals surface area contributed by atoms with E-state index in [1.54, 1.807) is 10.9 Å². The largest absolute Gasteiger partial charge is 0.482 e. The average molecular weight is 305 g/mol. The van der Waals surface area contributed by atoms with Crippen LogP contribution in [0.1, 0.15) is 31.2 Å². The number of nitrogen functional groups attached to an aromatic ring is 2. The lowest BCUT2D eigenvalue weighted by atomic mass is 10.3. The molecule has 0 saturated carbocycles. The van der Waals surface area contributed by atoms with E-state index in [0.717, 1.165) is 25.1 Å². The van der Waals surface area contributed by atoms with Crippen LogP contribution in [-0.4, -0.2) is 26.3 Å². The zero-order valence-corrected chi connectivity index (χ0v) is 13.3. The summed E-state index contributed by atoms with van der Waals surface area (Å²) in [4.78, 5) is 8.15. The molecule has 0 aliphatic carbocycles. The topological polar surface area (TPSA) is 117 Å². The first-order chi connectivity index (χ1) is 10.5. The van der Waals surface area contributed by atoms with Crippen molar-refractivity contribution in [2.75, 3.05) is 23.3 Å². The van der Waals surface area contributed by atoms with Crippen LogP contribution in [0.3, 0.4) is 0 Å². The zero-order valence-electron chi connectivity index (χ0n) is 13.3. The van der Waals surface area contributed by atoms with Crippen LogP contribution in [0.4, 0.5) is 17.5 Å². The van der Waals surface area contributed by atoms with Gasteiger partial charge in [-0.3, -0.25) is 4.68 Å². The first-order valence-corrected chi connectivity index (χ1v) is 7.30. The van der Waals surface area contributed by atoms with E-state index in [1.807, 2.05) is 14.0 Å². The number of anilines is 3. The second-order valence-corrected chi connectivity index (χ2v) is 5.08. The highest BCUT2D eigenvalue weighted by Crippen LogP contribution is 2.24. The Balaban J connectivity index is 2.09. The molecule has 0 spiro atoms. The van der Waals surface area contributed by atoms with Gasteiger partial charge in [-0.15, -0.1) is 0 Å². The number of hydrogen-bond acceptors (Lipinski definition) is 7. The van der Waals surface area contributed by atoms with Crippen LogP contribution in [0.25, 0.3) is 0 Å². The zero-order chi connectivity index (χ0) is 16.1. The number of nitrogens with zero attached hydrogens (tertiary/aromatic N) is 4. The molecule has 5 N–H and O–H groups in total. The molecule has 0 bridgehead atoms. The molecule has 8 heteroatoms. The number of ether oxygens (including phenoxy) is 1. The third-order valence-corrected chi connectivity index (χ3v) is 3.42. The summed E-state index contributed by atoms with van der Waals surface area (Å²) >= 11 is 0. The first kappa shape index (κ1) is 15.9. The molecule has 120 valence electrons. The third kappa shape index (κ3) is 3.57. The van der Waals surface area contributed by atoms with E-state index in [9.17, 15) is 0 Å². The van der Waals surface area contributed by atoms with Gasteiger partial charge in [0.25, 0.3) is 0 Å². The highest BCUT2D eigenvalue weighted by atomic mass is 16.5. The van der Waals surface area contributed by atoms with Crippen molar-refractivity contribution in [1.82, 2.24) is 19.7 Å². The van der Waals surface area contributed by atoms with E-state index in [1.165, 1.54) is 0 Å².